The molecule has 0 spiro atoms. The van der Waals surface area contributed by atoms with Crippen molar-refractivity contribution >= 4 is 71.1 Å². The second-order valence-electron chi connectivity index (χ2n) is 11.1. The van der Waals surface area contributed by atoms with E-state index in [2.05, 4.69) is 129 Å². The summed E-state index contributed by atoms with van der Waals surface area (Å²) in [6.45, 7) is 0. The first-order valence-corrected chi connectivity index (χ1v) is 14.5. The van der Waals surface area contributed by atoms with E-state index in [0.29, 0.717) is 0 Å². The van der Waals surface area contributed by atoms with Crippen LogP contribution in [-0.4, -0.2) is 23.5 Å². The number of benzene rings is 5. The molecule has 5 nitrogen and oxygen atoms in total. The maximum absolute atomic E-state index is 4.98. The van der Waals surface area contributed by atoms with Crippen LogP contribution in [0, 0.1) is 0 Å². The van der Waals surface area contributed by atoms with E-state index in [9.17, 15) is 0 Å². The van der Waals surface area contributed by atoms with Gasteiger partial charge in [0.15, 0.2) is 0 Å². The van der Waals surface area contributed by atoms with Crippen LogP contribution in [0.5, 0.6) is 0 Å². The normalized spacial score (nSPS) is 12.2. The van der Waals surface area contributed by atoms with Gasteiger partial charge in [-0.1, -0.05) is 60.7 Å². The second-order valence-corrected chi connectivity index (χ2v) is 11.1. The van der Waals surface area contributed by atoms with Gasteiger partial charge in [0.1, 0.15) is 5.65 Å². The lowest BCUT2D eigenvalue weighted by Crippen LogP contribution is -1.97. The van der Waals surface area contributed by atoms with E-state index in [-0.39, 0.29) is 0 Å². The van der Waals surface area contributed by atoms with Gasteiger partial charge in [-0.2, -0.15) is 0 Å². The van der Waals surface area contributed by atoms with Gasteiger partial charge in [0, 0.05) is 62.3 Å². The van der Waals surface area contributed by atoms with Crippen LogP contribution < -0.4 is 0 Å². The van der Waals surface area contributed by atoms with Gasteiger partial charge >= 0.3 is 0 Å². The van der Waals surface area contributed by atoms with Gasteiger partial charge < -0.3 is 9.13 Å². The lowest BCUT2D eigenvalue weighted by atomic mass is 10.0. The highest BCUT2D eigenvalue weighted by atomic mass is 15.0. The first-order valence-electron chi connectivity index (χ1n) is 14.5. The number of pyridine rings is 2. The second kappa shape index (κ2) is 8.30. The molecule has 0 N–H and O–H groups in total. The van der Waals surface area contributed by atoms with E-state index in [0.717, 1.165) is 44.3 Å². The molecule has 5 aromatic carbocycles. The highest BCUT2D eigenvalue weighted by molar-refractivity contribution is 6.33. The van der Waals surface area contributed by atoms with E-state index in [1.165, 1.54) is 38.1 Å². The number of aromatic nitrogens is 5. The Hall–Kier alpha value is -5.94. The minimum absolute atomic E-state index is 0.938. The molecule has 0 atom stereocenters. The summed E-state index contributed by atoms with van der Waals surface area (Å²) in [5.41, 5.74) is 9.94. The lowest BCUT2D eigenvalue weighted by Gasteiger charge is -2.12. The average molecular weight is 550 g/mol. The monoisotopic (exact) mass is 549 g/mol. The van der Waals surface area contributed by atoms with Crippen LogP contribution in [0.25, 0.3) is 82.4 Å². The number of para-hydroxylation sites is 3. The Balaban J connectivity index is 1.52. The van der Waals surface area contributed by atoms with Crippen LogP contribution in [0.15, 0.2) is 140 Å². The Kier molecular flexibility index (Phi) is 4.39. The van der Waals surface area contributed by atoms with Gasteiger partial charge in [0.2, 0.25) is 0 Å². The van der Waals surface area contributed by atoms with E-state index in [1.807, 2.05) is 24.7 Å². The molecular formula is C38H23N5. The summed E-state index contributed by atoms with van der Waals surface area (Å²) >= 11 is 0. The summed E-state index contributed by atoms with van der Waals surface area (Å²) in [5, 5.41) is 7.16. The molecule has 0 bridgehead atoms. The fourth-order valence-electron chi connectivity index (χ4n) is 7.26. The summed E-state index contributed by atoms with van der Waals surface area (Å²) in [6.07, 6.45) is 5.79. The third-order valence-electron chi connectivity index (χ3n) is 8.92. The highest BCUT2D eigenvalue weighted by Crippen LogP contribution is 2.45. The molecule has 5 aromatic heterocycles. The Bertz CT molecular complexity index is 2710. The first-order chi connectivity index (χ1) is 21.4. The molecule has 10 aromatic rings. The molecule has 0 saturated carbocycles. The average Bonchev–Trinajstić information content (AvgIpc) is 3.78. The van der Waals surface area contributed by atoms with Crippen molar-refractivity contribution in [2.45, 2.75) is 0 Å². The zero-order valence-electron chi connectivity index (χ0n) is 23.0. The standard InChI is InChI=1S/C38H23N5/c1-3-10-24(11-4-1)42-29-15-8-7-14-26(29)33-30(42)19-20-31-34(33)27-17-18-28-35(37(27)43(31)25-12-5-2-6-13-25)36-32(16-9-21-39-36)41-23-22-40-38(28)41/h1-23H. The fourth-order valence-corrected chi connectivity index (χ4v) is 7.26. The first kappa shape index (κ1) is 22.7. The fraction of sp³-hybridized carbons (Fsp3) is 0. The SMILES string of the molecule is c1ccc(-n2c3ccccc3c3c4c5ccc6c(c7ncccc7n7ccnc67)c5n(-c5ccccc5)c4ccc32)cc1. The summed E-state index contributed by atoms with van der Waals surface area (Å²) in [7, 11) is 0. The predicted molar refractivity (Wildman–Crippen MR) is 177 cm³/mol. The van der Waals surface area contributed by atoms with Gasteiger partial charge in [-0.3, -0.25) is 9.38 Å². The maximum Gasteiger partial charge on any atom is 0.145 e. The van der Waals surface area contributed by atoms with Crippen molar-refractivity contribution in [1.29, 1.82) is 0 Å². The molecule has 0 aliphatic heterocycles. The van der Waals surface area contributed by atoms with Crippen molar-refractivity contribution in [3.05, 3.63) is 140 Å². The van der Waals surface area contributed by atoms with Crippen molar-refractivity contribution < 1.29 is 0 Å². The maximum atomic E-state index is 4.98. The van der Waals surface area contributed by atoms with Gasteiger partial charge in [-0.25, -0.2) is 4.98 Å². The molecule has 0 aliphatic rings. The number of hydrogen-bond acceptors (Lipinski definition) is 2. The molecule has 5 heteroatoms. The van der Waals surface area contributed by atoms with Crippen LogP contribution in [-0.2, 0) is 0 Å². The van der Waals surface area contributed by atoms with E-state index in [1.54, 1.807) is 0 Å². The number of rotatable bonds is 2. The van der Waals surface area contributed by atoms with Gasteiger partial charge in [-0.05, 0) is 60.7 Å². The zero-order chi connectivity index (χ0) is 28.1. The molecule has 5 heterocycles. The van der Waals surface area contributed by atoms with Crippen molar-refractivity contribution in [2.75, 3.05) is 0 Å². The summed E-state index contributed by atoms with van der Waals surface area (Å²) in [6, 6.07) is 43.3. The Morgan fingerprint density at radius 2 is 1.07 bits per heavy atom. The Morgan fingerprint density at radius 1 is 0.419 bits per heavy atom. The molecule has 0 unspecified atom stereocenters. The third-order valence-corrected chi connectivity index (χ3v) is 8.92. The van der Waals surface area contributed by atoms with Crippen LogP contribution in [0.3, 0.4) is 0 Å². The van der Waals surface area contributed by atoms with Crippen LogP contribution in [0.1, 0.15) is 0 Å². The molecule has 200 valence electrons. The predicted octanol–water partition coefficient (Wildman–Crippen LogP) is 9.23. The molecule has 0 saturated heterocycles. The highest BCUT2D eigenvalue weighted by Gasteiger charge is 2.23. The molecule has 0 radical (unpaired) electrons. The third kappa shape index (κ3) is 2.90. The quantitative estimate of drug-likeness (QED) is 0.202. The van der Waals surface area contributed by atoms with Crippen LogP contribution >= 0.6 is 0 Å². The minimum Gasteiger partial charge on any atom is -0.309 e. The van der Waals surface area contributed by atoms with E-state index in [4.69, 9.17) is 9.97 Å². The van der Waals surface area contributed by atoms with Crippen LogP contribution in [0.4, 0.5) is 0 Å². The van der Waals surface area contributed by atoms with Crippen molar-refractivity contribution in [1.82, 2.24) is 23.5 Å². The number of hydrogen-bond donors (Lipinski definition) is 0. The number of fused-ring (bicyclic) bond motifs is 14. The molecule has 10 rings (SSSR count). The molecular weight excluding hydrogens is 526 g/mol. The molecule has 0 amide bonds. The Labute approximate surface area is 245 Å². The zero-order valence-corrected chi connectivity index (χ0v) is 23.0. The number of nitrogens with zero attached hydrogens (tertiary/aromatic N) is 5. The molecule has 0 fully saturated rings. The lowest BCUT2D eigenvalue weighted by molar-refractivity contribution is 1.17. The van der Waals surface area contributed by atoms with Gasteiger partial charge in [0.05, 0.1) is 33.1 Å². The molecule has 0 aliphatic carbocycles. The Morgan fingerprint density at radius 3 is 1.88 bits per heavy atom. The van der Waals surface area contributed by atoms with Crippen molar-refractivity contribution in [3.8, 4) is 11.4 Å². The summed E-state index contributed by atoms with van der Waals surface area (Å²) in [5.74, 6) is 0. The van der Waals surface area contributed by atoms with Gasteiger partial charge in [0.25, 0.3) is 0 Å². The topological polar surface area (TPSA) is 40.1 Å². The van der Waals surface area contributed by atoms with E-state index >= 15 is 0 Å². The van der Waals surface area contributed by atoms with Crippen LogP contribution in [0.2, 0.25) is 0 Å². The van der Waals surface area contributed by atoms with Crippen molar-refractivity contribution in [2.24, 2.45) is 0 Å². The minimum atomic E-state index is 0.938. The largest absolute Gasteiger partial charge is 0.309 e. The van der Waals surface area contributed by atoms with Gasteiger partial charge in [-0.15, -0.1) is 0 Å². The number of imidazole rings is 1. The summed E-state index contributed by atoms with van der Waals surface area (Å²) in [4.78, 5) is 9.79. The molecule has 43 heavy (non-hydrogen) atoms. The van der Waals surface area contributed by atoms with Crippen molar-refractivity contribution in [3.63, 3.8) is 0 Å². The smallest absolute Gasteiger partial charge is 0.145 e. The van der Waals surface area contributed by atoms with E-state index < -0.39 is 0 Å². The summed E-state index contributed by atoms with van der Waals surface area (Å²) < 4.78 is 6.97.